The van der Waals surface area contributed by atoms with Crippen LogP contribution in [0.2, 0.25) is 0 Å². The van der Waals surface area contributed by atoms with Crippen molar-refractivity contribution in [1.29, 1.82) is 0 Å². The van der Waals surface area contributed by atoms with Crippen LogP contribution in [-0.4, -0.2) is 21.3 Å². The summed E-state index contributed by atoms with van der Waals surface area (Å²) in [6.45, 7) is 1.57. The fraction of sp³-hybridized carbons (Fsp3) is 0.0833. The van der Waals surface area contributed by atoms with Crippen LogP contribution in [0.1, 0.15) is 11.3 Å². The molecule has 1 aromatic heterocycles. The van der Waals surface area contributed by atoms with Gasteiger partial charge in [0.25, 0.3) is 5.56 Å². The minimum absolute atomic E-state index is 0.00968. The second-order valence-electron chi connectivity index (χ2n) is 3.97. The molecule has 0 fully saturated rings. The van der Waals surface area contributed by atoms with Gasteiger partial charge in [0.15, 0.2) is 0 Å². The number of phenolic OH excluding ortho intramolecular Hbond substituents is 1. The van der Waals surface area contributed by atoms with Gasteiger partial charge in [0.05, 0.1) is 4.47 Å². The summed E-state index contributed by atoms with van der Waals surface area (Å²) in [5.41, 5.74) is -0.310. The normalized spacial score (nSPS) is 11.2. The first kappa shape index (κ1) is 14.7. The number of rotatable bonds is 2. The number of phenols is 1. The highest BCUT2D eigenvalue weighted by molar-refractivity contribution is 9.11. The lowest BCUT2D eigenvalue weighted by Crippen LogP contribution is -2.22. The zero-order chi connectivity index (χ0) is 14.9. The number of aryl methyl sites for hydroxylation is 1. The van der Waals surface area contributed by atoms with Crippen LogP contribution < -0.4 is 11.2 Å². The Labute approximate surface area is 129 Å². The van der Waals surface area contributed by atoms with E-state index in [1.165, 1.54) is 6.21 Å². The number of hydrogen-bond donors (Lipinski definition) is 3. The first-order valence-corrected chi connectivity index (χ1v) is 7.02. The minimum Gasteiger partial charge on any atom is -0.506 e. The molecule has 1 heterocycles. The monoisotopic (exact) mass is 401 g/mol. The third kappa shape index (κ3) is 3.07. The standard InChI is InChI=1S/C12H9Br2N3O3/c1-5-9(11(19)17-12(20)16-5)15-4-6-2-7(13)3-8(14)10(6)18/h2-4,18H,1H3,(H2,16,17,19,20)/b15-4+. The van der Waals surface area contributed by atoms with E-state index in [2.05, 4.69) is 46.8 Å². The van der Waals surface area contributed by atoms with Crippen LogP contribution in [0, 0.1) is 6.92 Å². The van der Waals surface area contributed by atoms with Crippen molar-refractivity contribution in [2.24, 2.45) is 4.99 Å². The van der Waals surface area contributed by atoms with Gasteiger partial charge >= 0.3 is 5.69 Å². The Balaban J connectivity index is 2.50. The number of aliphatic imine (C=N–C) groups is 1. The van der Waals surface area contributed by atoms with Crippen LogP contribution in [0.3, 0.4) is 0 Å². The average molecular weight is 403 g/mol. The quantitative estimate of drug-likeness (QED) is 0.672. The number of hydrogen-bond acceptors (Lipinski definition) is 4. The maximum Gasteiger partial charge on any atom is 0.326 e. The summed E-state index contributed by atoms with van der Waals surface area (Å²) in [6, 6.07) is 3.34. The average Bonchev–Trinajstić information content (AvgIpc) is 2.33. The fourth-order valence-electron chi connectivity index (χ4n) is 1.57. The van der Waals surface area contributed by atoms with Crippen molar-refractivity contribution >= 4 is 43.8 Å². The van der Waals surface area contributed by atoms with E-state index in [-0.39, 0.29) is 11.4 Å². The van der Waals surface area contributed by atoms with Crippen LogP contribution >= 0.6 is 31.9 Å². The number of benzene rings is 1. The van der Waals surface area contributed by atoms with Gasteiger partial charge in [-0.15, -0.1) is 0 Å². The van der Waals surface area contributed by atoms with Gasteiger partial charge in [-0.25, -0.2) is 9.79 Å². The van der Waals surface area contributed by atoms with E-state index in [0.29, 0.717) is 15.7 Å². The fourth-order valence-corrected chi connectivity index (χ4v) is 2.83. The number of halogens is 2. The Hall–Kier alpha value is -1.67. The lowest BCUT2D eigenvalue weighted by Gasteiger charge is -2.03. The third-order valence-corrected chi connectivity index (χ3v) is 3.55. The van der Waals surface area contributed by atoms with Gasteiger partial charge in [0.2, 0.25) is 0 Å². The van der Waals surface area contributed by atoms with E-state index < -0.39 is 11.2 Å². The molecule has 2 aromatic rings. The Kier molecular flexibility index (Phi) is 4.24. The summed E-state index contributed by atoms with van der Waals surface area (Å²) in [7, 11) is 0. The molecule has 20 heavy (non-hydrogen) atoms. The van der Waals surface area contributed by atoms with Crippen molar-refractivity contribution in [3.8, 4) is 5.75 Å². The van der Waals surface area contributed by atoms with E-state index in [1.807, 2.05) is 0 Å². The Morgan fingerprint density at radius 1 is 1.25 bits per heavy atom. The van der Waals surface area contributed by atoms with Gasteiger partial charge in [-0.3, -0.25) is 9.78 Å². The SMILES string of the molecule is Cc1[nH]c(=O)[nH]c(=O)c1/N=C/c1cc(Br)cc(Br)c1O. The van der Waals surface area contributed by atoms with Gasteiger partial charge in [-0.05, 0) is 35.0 Å². The van der Waals surface area contributed by atoms with E-state index >= 15 is 0 Å². The molecule has 0 unspecified atom stereocenters. The summed E-state index contributed by atoms with van der Waals surface area (Å²) in [4.78, 5) is 31.3. The van der Waals surface area contributed by atoms with Gasteiger partial charge in [0, 0.05) is 21.9 Å². The molecule has 0 aliphatic heterocycles. The molecule has 0 bridgehead atoms. The maximum absolute atomic E-state index is 11.6. The molecule has 8 heteroatoms. The molecule has 2 rings (SSSR count). The van der Waals surface area contributed by atoms with Crippen molar-refractivity contribution in [3.05, 3.63) is 53.2 Å². The second-order valence-corrected chi connectivity index (χ2v) is 5.74. The first-order valence-electron chi connectivity index (χ1n) is 5.44. The summed E-state index contributed by atoms with van der Waals surface area (Å²) >= 11 is 6.50. The topological polar surface area (TPSA) is 98.3 Å². The van der Waals surface area contributed by atoms with Crippen molar-refractivity contribution in [2.45, 2.75) is 6.92 Å². The van der Waals surface area contributed by atoms with Crippen molar-refractivity contribution in [3.63, 3.8) is 0 Å². The number of H-pyrrole nitrogens is 2. The lowest BCUT2D eigenvalue weighted by atomic mass is 10.2. The van der Waals surface area contributed by atoms with Crippen LogP contribution in [0.25, 0.3) is 0 Å². The van der Waals surface area contributed by atoms with E-state index in [4.69, 9.17) is 0 Å². The molecule has 0 saturated heterocycles. The molecule has 104 valence electrons. The van der Waals surface area contributed by atoms with Crippen LogP contribution in [0.5, 0.6) is 5.75 Å². The summed E-state index contributed by atoms with van der Waals surface area (Å²) in [5, 5.41) is 9.88. The number of aromatic amines is 2. The highest BCUT2D eigenvalue weighted by Gasteiger charge is 2.07. The predicted octanol–water partition coefficient (Wildman–Crippen LogP) is 2.35. The van der Waals surface area contributed by atoms with Crippen molar-refractivity contribution in [2.75, 3.05) is 0 Å². The predicted molar refractivity (Wildman–Crippen MR) is 83.2 cm³/mol. The number of nitrogens with one attached hydrogen (secondary N) is 2. The van der Waals surface area contributed by atoms with Crippen LogP contribution in [0.15, 0.2) is 35.7 Å². The van der Waals surface area contributed by atoms with E-state index in [1.54, 1.807) is 19.1 Å². The second kappa shape index (κ2) is 5.76. The number of aromatic nitrogens is 2. The molecule has 0 radical (unpaired) electrons. The van der Waals surface area contributed by atoms with E-state index in [0.717, 1.165) is 4.47 Å². The van der Waals surface area contributed by atoms with Crippen LogP contribution in [-0.2, 0) is 0 Å². The molecule has 0 saturated carbocycles. The number of aromatic hydroxyl groups is 1. The van der Waals surface area contributed by atoms with Crippen molar-refractivity contribution in [1.82, 2.24) is 9.97 Å². The zero-order valence-electron chi connectivity index (χ0n) is 10.2. The Bertz CT molecular complexity index is 809. The number of nitrogens with zero attached hydrogens (tertiary/aromatic N) is 1. The highest BCUT2D eigenvalue weighted by atomic mass is 79.9. The minimum atomic E-state index is -0.587. The molecular formula is C12H9Br2N3O3. The van der Waals surface area contributed by atoms with Crippen LogP contribution in [0.4, 0.5) is 5.69 Å². The highest BCUT2D eigenvalue weighted by Crippen LogP contribution is 2.30. The van der Waals surface area contributed by atoms with E-state index in [9.17, 15) is 14.7 Å². The largest absolute Gasteiger partial charge is 0.506 e. The first-order chi connectivity index (χ1) is 9.38. The molecule has 0 aliphatic rings. The molecule has 3 N–H and O–H groups in total. The zero-order valence-corrected chi connectivity index (χ0v) is 13.4. The summed E-state index contributed by atoms with van der Waals surface area (Å²) in [5.74, 6) is 0.00968. The molecule has 0 aliphatic carbocycles. The third-order valence-electron chi connectivity index (χ3n) is 2.49. The Morgan fingerprint density at radius 3 is 2.60 bits per heavy atom. The van der Waals surface area contributed by atoms with Gasteiger partial charge in [0.1, 0.15) is 11.4 Å². The molecule has 1 aromatic carbocycles. The summed E-state index contributed by atoms with van der Waals surface area (Å²) < 4.78 is 1.25. The smallest absolute Gasteiger partial charge is 0.326 e. The van der Waals surface area contributed by atoms with Gasteiger partial charge < -0.3 is 10.1 Å². The molecule has 0 spiro atoms. The van der Waals surface area contributed by atoms with Gasteiger partial charge in [-0.1, -0.05) is 15.9 Å². The van der Waals surface area contributed by atoms with Gasteiger partial charge in [-0.2, -0.15) is 0 Å². The molecule has 6 nitrogen and oxygen atoms in total. The Morgan fingerprint density at radius 2 is 1.95 bits per heavy atom. The summed E-state index contributed by atoms with van der Waals surface area (Å²) in [6.07, 6.45) is 1.35. The molecule has 0 amide bonds. The maximum atomic E-state index is 11.6. The molecular weight excluding hydrogens is 394 g/mol. The van der Waals surface area contributed by atoms with Crippen molar-refractivity contribution < 1.29 is 5.11 Å². The molecule has 0 atom stereocenters. The lowest BCUT2D eigenvalue weighted by molar-refractivity contribution is 0.471.